The standard InChI is InChI=1S/C21H29N5OS/c1-5-13-26-19(17-9-11-22-12-10-17)24-25-21(26)28-16(4)20(27)23-18-8-6-7-14(2)15(18)3/h5,9-12,14-16,18H,1,6-8,13H2,2-4H3,(H,23,27)/t14-,15+,16+,18+/m0/s1. The van der Waals surface area contributed by atoms with E-state index in [9.17, 15) is 4.79 Å². The topological polar surface area (TPSA) is 72.7 Å². The van der Waals surface area contributed by atoms with Gasteiger partial charge in [-0.1, -0.05) is 44.5 Å². The average molecular weight is 400 g/mol. The van der Waals surface area contributed by atoms with Gasteiger partial charge < -0.3 is 5.32 Å². The summed E-state index contributed by atoms with van der Waals surface area (Å²) in [4.78, 5) is 16.9. The molecule has 6 nitrogen and oxygen atoms in total. The van der Waals surface area contributed by atoms with Crippen molar-refractivity contribution in [2.75, 3.05) is 0 Å². The summed E-state index contributed by atoms with van der Waals surface area (Å²) in [6, 6.07) is 4.07. The van der Waals surface area contributed by atoms with Gasteiger partial charge >= 0.3 is 0 Å². The van der Waals surface area contributed by atoms with Crippen LogP contribution in [0.5, 0.6) is 0 Å². The molecule has 0 radical (unpaired) electrons. The molecule has 2 aromatic rings. The number of hydrogen-bond donors (Lipinski definition) is 1. The van der Waals surface area contributed by atoms with E-state index in [0.717, 1.165) is 23.0 Å². The number of nitrogens with one attached hydrogen (secondary N) is 1. The van der Waals surface area contributed by atoms with Crippen molar-refractivity contribution >= 4 is 17.7 Å². The van der Waals surface area contributed by atoms with E-state index in [0.29, 0.717) is 18.4 Å². The monoisotopic (exact) mass is 399 g/mol. The van der Waals surface area contributed by atoms with Gasteiger partial charge in [0.1, 0.15) is 0 Å². The lowest BCUT2D eigenvalue weighted by molar-refractivity contribution is -0.121. The minimum absolute atomic E-state index is 0.0644. The number of amides is 1. The quantitative estimate of drug-likeness (QED) is 0.564. The molecule has 1 saturated carbocycles. The summed E-state index contributed by atoms with van der Waals surface area (Å²) in [7, 11) is 0. The first-order chi connectivity index (χ1) is 13.5. The number of thioether (sulfide) groups is 1. The fourth-order valence-electron chi connectivity index (χ4n) is 3.68. The number of nitrogens with zero attached hydrogens (tertiary/aromatic N) is 4. The number of pyridine rings is 1. The first kappa shape index (κ1) is 20.6. The van der Waals surface area contributed by atoms with E-state index in [1.165, 1.54) is 24.6 Å². The van der Waals surface area contributed by atoms with Crippen LogP contribution >= 0.6 is 11.8 Å². The molecule has 0 aromatic carbocycles. The second-order valence-corrected chi connectivity index (χ2v) is 8.89. The van der Waals surface area contributed by atoms with Gasteiger partial charge in [0.05, 0.1) is 5.25 Å². The van der Waals surface area contributed by atoms with Crippen molar-refractivity contribution in [1.82, 2.24) is 25.1 Å². The van der Waals surface area contributed by atoms with E-state index >= 15 is 0 Å². The number of hydrogen-bond acceptors (Lipinski definition) is 5. The van der Waals surface area contributed by atoms with Gasteiger partial charge in [0.15, 0.2) is 11.0 Å². The highest BCUT2D eigenvalue weighted by atomic mass is 32.2. The summed E-state index contributed by atoms with van der Waals surface area (Å²) in [5.41, 5.74) is 0.943. The summed E-state index contributed by atoms with van der Waals surface area (Å²) < 4.78 is 1.99. The maximum atomic E-state index is 12.8. The lowest BCUT2D eigenvalue weighted by Crippen LogP contribution is -2.46. The Morgan fingerprint density at radius 3 is 2.82 bits per heavy atom. The highest BCUT2D eigenvalue weighted by molar-refractivity contribution is 8.00. The number of carbonyl (C=O) groups excluding carboxylic acids is 1. The maximum Gasteiger partial charge on any atom is 0.233 e. The van der Waals surface area contributed by atoms with Crippen LogP contribution in [-0.4, -0.2) is 36.9 Å². The zero-order chi connectivity index (χ0) is 20.1. The molecule has 28 heavy (non-hydrogen) atoms. The maximum absolute atomic E-state index is 12.8. The Morgan fingerprint density at radius 1 is 1.36 bits per heavy atom. The Bertz CT molecular complexity index is 806. The van der Waals surface area contributed by atoms with Crippen molar-refractivity contribution in [2.24, 2.45) is 11.8 Å². The van der Waals surface area contributed by atoms with E-state index in [-0.39, 0.29) is 17.2 Å². The fraction of sp³-hybridized carbons (Fsp3) is 0.524. The zero-order valence-electron chi connectivity index (χ0n) is 16.8. The van der Waals surface area contributed by atoms with Crippen molar-refractivity contribution < 1.29 is 4.79 Å². The van der Waals surface area contributed by atoms with Crippen molar-refractivity contribution in [3.63, 3.8) is 0 Å². The van der Waals surface area contributed by atoms with E-state index in [2.05, 4.69) is 40.9 Å². The fourth-order valence-corrected chi connectivity index (χ4v) is 4.55. The number of carbonyl (C=O) groups is 1. The zero-order valence-corrected chi connectivity index (χ0v) is 17.7. The van der Waals surface area contributed by atoms with Gasteiger partial charge in [0.25, 0.3) is 0 Å². The molecule has 2 heterocycles. The van der Waals surface area contributed by atoms with Crippen molar-refractivity contribution in [3.05, 3.63) is 37.2 Å². The van der Waals surface area contributed by atoms with Crippen LogP contribution < -0.4 is 5.32 Å². The van der Waals surface area contributed by atoms with E-state index in [1.807, 2.05) is 29.7 Å². The molecule has 1 aliphatic carbocycles. The first-order valence-corrected chi connectivity index (χ1v) is 10.8. The van der Waals surface area contributed by atoms with Crippen LogP contribution in [0, 0.1) is 11.8 Å². The molecule has 0 saturated heterocycles. The Morgan fingerprint density at radius 2 is 2.11 bits per heavy atom. The summed E-state index contributed by atoms with van der Waals surface area (Å²) in [5, 5.41) is 12.4. The second kappa shape index (κ2) is 9.37. The Labute approximate surface area is 171 Å². The highest BCUT2D eigenvalue weighted by Gasteiger charge is 2.30. The predicted octanol–water partition coefficient (Wildman–Crippen LogP) is 3.95. The average Bonchev–Trinajstić information content (AvgIpc) is 3.08. The summed E-state index contributed by atoms with van der Waals surface area (Å²) in [5.74, 6) is 1.99. The normalized spacial score (nSPS) is 23.2. The third kappa shape index (κ3) is 4.63. The third-order valence-corrected chi connectivity index (χ3v) is 6.73. The minimum atomic E-state index is -0.248. The Hall–Kier alpha value is -2.15. The van der Waals surface area contributed by atoms with Crippen LogP contribution in [0.2, 0.25) is 0 Å². The molecular formula is C21H29N5OS. The molecule has 0 unspecified atom stereocenters. The van der Waals surface area contributed by atoms with Crippen molar-refractivity contribution in [2.45, 2.75) is 63.0 Å². The summed E-state index contributed by atoms with van der Waals surface area (Å²) >= 11 is 1.44. The molecule has 4 atom stereocenters. The molecule has 0 aliphatic heterocycles. The van der Waals surface area contributed by atoms with Crippen LogP contribution in [0.1, 0.15) is 40.0 Å². The van der Waals surface area contributed by atoms with Crippen LogP contribution in [-0.2, 0) is 11.3 Å². The van der Waals surface area contributed by atoms with Crippen LogP contribution in [0.4, 0.5) is 0 Å². The molecule has 1 aliphatic rings. The third-order valence-electron chi connectivity index (χ3n) is 5.65. The van der Waals surface area contributed by atoms with Crippen LogP contribution in [0.25, 0.3) is 11.4 Å². The smallest absolute Gasteiger partial charge is 0.233 e. The minimum Gasteiger partial charge on any atom is -0.352 e. The van der Waals surface area contributed by atoms with Crippen molar-refractivity contribution in [3.8, 4) is 11.4 Å². The molecule has 1 fully saturated rings. The van der Waals surface area contributed by atoms with Gasteiger partial charge in [0.2, 0.25) is 5.91 Å². The lowest BCUT2D eigenvalue weighted by atomic mass is 9.78. The molecule has 150 valence electrons. The lowest BCUT2D eigenvalue weighted by Gasteiger charge is -2.35. The van der Waals surface area contributed by atoms with Gasteiger partial charge in [0, 0.05) is 30.5 Å². The summed E-state index contributed by atoms with van der Waals surface area (Å²) in [6.07, 6.45) is 8.78. The van der Waals surface area contributed by atoms with Gasteiger partial charge in [-0.05, 0) is 37.3 Å². The Balaban J connectivity index is 1.71. The van der Waals surface area contributed by atoms with Gasteiger partial charge in [-0.2, -0.15) is 0 Å². The number of rotatable bonds is 7. The highest BCUT2D eigenvalue weighted by Crippen LogP contribution is 2.31. The van der Waals surface area contributed by atoms with Gasteiger partial charge in [-0.3, -0.25) is 14.3 Å². The van der Waals surface area contributed by atoms with Crippen LogP contribution in [0.3, 0.4) is 0 Å². The summed E-state index contributed by atoms with van der Waals surface area (Å²) in [6.45, 7) is 10.9. The molecule has 2 aromatic heterocycles. The second-order valence-electron chi connectivity index (χ2n) is 7.58. The molecular weight excluding hydrogens is 370 g/mol. The Kier molecular flexibility index (Phi) is 6.88. The predicted molar refractivity (Wildman–Crippen MR) is 113 cm³/mol. The molecule has 0 spiro atoms. The van der Waals surface area contributed by atoms with E-state index < -0.39 is 0 Å². The number of allylic oxidation sites excluding steroid dienone is 1. The molecule has 3 rings (SSSR count). The molecule has 1 N–H and O–H groups in total. The van der Waals surface area contributed by atoms with Crippen LogP contribution in [0.15, 0.2) is 42.3 Å². The molecule has 1 amide bonds. The van der Waals surface area contributed by atoms with E-state index in [1.54, 1.807) is 12.4 Å². The van der Waals surface area contributed by atoms with Gasteiger partial charge in [-0.15, -0.1) is 16.8 Å². The van der Waals surface area contributed by atoms with E-state index in [4.69, 9.17) is 0 Å². The molecule has 0 bridgehead atoms. The number of aromatic nitrogens is 4. The molecule has 7 heteroatoms. The largest absolute Gasteiger partial charge is 0.352 e. The van der Waals surface area contributed by atoms with Gasteiger partial charge in [-0.25, -0.2) is 0 Å². The SMILES string of the molecule is C=CCn1c(S[C@H](C)C(=O)N[C@@H]2CCC[C@H](C)[C@H]2C)nnc1-c1ccncc1. The first-order valence-electron chi connectivity index (χ1n) is 9.92. The van der Waals surface area contributed by atoms with Crippen molar-refractivity contribution in [1.29, 1.82) is 0 Å².